The summed E-state index contributed by atoms with van der Waals surface area (Å²) in [5.74, 6) is 0.506. The van der Waals surface area contributed by atoms with Gasteiger partial charge in [0.2, 0.25) is 11.8 Å². The summed E-state index contributed by atoms with van der Waals surface area (Å²) >= 11 is 9.32. The molecular weight excluding hydrogens is 348 g/mol. The van der Waals surface area contributed by atoms with Crippen LogP contribution in [0.1, 0.15) is 17.4 Å². The van der Waals surface area contributed by atoms with E-state index in [1.165, 1.54) is 20.4 Å². The predicted octanol–water partition coefficient (Wildman–Crippen LogP) is 2.99. The van der Waals surface area contributed by atoms with Crippen LogP contribution >= 0.6 is 27.5 Å². The van der Waals surface area contributed by atoms with E-state index in [2.05, 4.69) is 25.9 Å². The Labute approximate surface area is 129 Å². The van der Waals surface area contributed by atoms with Gasteiger partial charge in [0.1, 0.15) is 11.8 Å². The molecule has 0 radical (unpaired) electrons. The number of nitrogens with zero attached hydrogens (tertiary/aromatic N) is 2. The van der Waals surface area contributed by atoms with Crippen molar-refractivity contribution >= 4 is 27.5 Å². The average molecular weight is 360 g/mol. The zero-order chi connectivity index (χ0) is 14.7. The van der Waals surface area contributed by atoms with Crippen LogP contribution in [0, 0.1) is 0 Å². The molecule has 20 heavy (non-hydrogen) atoms. The molecule has 0 spiro atoms. The maximum Gasteiger partial charge on any atom is 0.241 e. The number of hydrogen-bond donors (Lipinski definition) is 1. The molecule has 1 aromatic carbocycles. The zero-order valence-electron chi connectivity index (χ0n) is 10.8. The Bertz CT molecular complexity index is 625. The van der Waals surface area contributed by atoms with Crippen LogP contribution in [0.4, 0.5) is 0 Å². The van der Waals surface area contributed by atoms with Crippen LogP contribution in [0.3, 0.4) is 0 Å². The molecule has 0 aliphatic rings. The first-order chi connectivity index (χ1) is 9.56. The number of hydrogen-bond acceptors (Lipinski definition) is 5. The molecule has 0 aliphatic heterocycles. The molecule has 0 bridgehead atoms. The number of aromatic nitrogens is 2. The van der Waals surface area contributed by atoms with E-state index in [9.17, 15) is 5.11 Å². The lowest BCUT2D eigenvalue weighted by Gasteiger charge is -2.15. The third-order valence-electron chi connectivity index (χ3n) is 2.66. The maximum absolute atomic E-state index is 10.5. The minimum absolute atomic E-state index is 0.198. The number of methoxy groups -OCH3 is 2. The van der Waals surface area contributed by atoms with E-state index in [1.807, 2.05) is 0 Å². The van der Waals surface area contributed by atoms with Crippen molar-refractivity contribution in [3.05, 3.63) is 45.1 Å². The van der Waals surface area contributed by atoms with Gasteiger partial charge in [-0.25, -0.2) is 4.98 Å². The molecule has 0 fully saturated rings. The lowest BCUT2D eigenvalue weighted by Crippen LogP contribution is -2.08. The predicted molar refractivity (Wildman–Crippen MR) is 78.3 cm³/mol. The highest BCUT2D eigenvalue weighted by Gasteiger charge is 2.21. The van der Waals surface area contributed by atoms with Crippen molar-refractivity contribution in [3.8, 4) is 11.8 Å². The van der Waals surface area contributed by atoms with E-state index in [-0.39, 0.29) is 11.6 Å². The number of halogens is 2. The minimum atomic E-state index is -1.02. The van der Waals surface area contributed by atoms with Crippen molar-refractivity contribution in [2.75, 3.05) is 14.2 Å². The van der Waals surface area contributed by atoms with E-state index in [0.717, 1.165) is 0 Å². The summed E-state index contributed by atoms with van der Waals surface area (Å²) in [4.78, 5) is 8.23. The minimum Gasteiger partial charge on any atom is -0.480 e. The third-order valence-corrected chi connectivity index (χ3v) is 3.62. The fraction of sp³-hybridized carbons (Fsp3) is 0.231. The van der Waals surface area contributed by atoms with Crippen LogP contribution in [-0.4, -0.2) is 29.3 Å². The van der Waals surface area contributed by atoms with Gasteiger partial charge in [-0.3, -0.25) is 0 Å². The molecule has 1 N–H and O–H groups in total. The SMILES string of the molecule is COc1cnc(C(O)c2cc(Cl)ccc2Br)c(OC)n1. The summed E-state index contributed by atoms with van der Waals surface area (Å²) < 4.78 is 10.8. The van der Waals surface area contributed by atoms with Gasteiger partial charge in [0.05, 0.1) is 20.4 Å². The van der Waals surface area contributed by atoms with Crippen molar-refractivity contribution in [2.45, 2.75) is 6.10 Å². The maximum atomic E-state index is 10.5. The molecule has 0 aliphatic carbocycles. The molecule has 106 valence electrons. The molecule has 2 aromatic rings. The van der Waals surface area contributed by atoms with Crippen LogP contribution in [0.5, 0.6) is 11.8 Å². The van der Waals surface area contributed by atoms with Gasteiger partial charge in [-0.15, -0.1) is 0 Å². The van der Waals surface area contributed by atoms with Crippen molar-refractivity contribution in [3.63, 3.8) is 0 Å². The van der Waals surface area contributed by atoms with Gasteiger partial charge in [-0.1, -0.05) is 27.5 Å². The van der Waals surface area contributed by atoms with Gasteiger partial charge in [0, 0.05) is 15.1 Å². The normalized spacial score (nSPS) is 12.1. The van der Waals surface area contributed by atoms with Crippen molar-refractivity contribution in [1.29, 1.82) is 0 Å². The van der Waals surface area contributed by atoms with Gasteiger partial charge >= 0.3 is 0 Å². The smallest absolute Gasteiger partial charge is 0.241 e. The molecule has 0 saturated heterocycles. The van der Waals surface area contributed by atoms with Crippen LogP contribution in [-0.2, 0) is 0 Å². The summed E-state index contributed by atoms with van der Waals surface area (Å²) in [6, 6.07) is 5.13. The van der Waals surface area contributed by atoms with E-state index in [4.69, 9.17) is 21.1 Å². The van der Waals surface area contributed by atoms with E-state index >= 15 is 0 Å². The fourth-order valence-electron chi connectivity index (χ4n) is 1.67. The Morgan fingerprint density at radius 1 is 1.30 bits per heavy atom. The van der Waals surface area contributed by atoms with E-state index in [1.54, 1.807) is 18.2 Å². The topological polar surface area (TPSA) is 64.5 Å². The summed E-state index contributed by atoms with van der Waals surface area (Å²) in [6.45, 7) is 0. The molecule has 7 heteroatoms. The second-order valence-electron chi connectivity index (χ2n) is 3.88. The molecule has 0 amide bonds. The van der Waals surface area contributed by atoms with Crippen LogP contribution in [0.2, 0.25) is 5.02 Å². The summed E-state index contributed by atoms with van der Waals surface area (Å²) in [5.41, 5.74) is 0.867. The van der Waals surface area contributed by atoms with Gasteiger partial charge in [-0.2, -0.15) is 4.98 Å². The van der Waals surface area contributed by atoms with Crippen LogP contribution < -0.4 is 9.47 Å². The first kappa shape index (κ1) is 15.0. The number of aliphatic hydroxyl groups is 1. The monoisotopic (exact) mass is 358 g/mol. The van der Waals surface area contributed by atoms with Gasteiger partial charge in [-0.05, 0) is 18.2 Å². The molecule has 1 aromatic heterocycles. The van der Waals surface area contributed by atoms with Gasteiger partial charge < -0.3 is 14.6 Å². The first-order valence-electron chi connectivity index (χ1n) is 5.64. The lowest BCUT2D eigenvalue weighted by molar-refractivity contribution is 0.206. The van der Waals surface area contributed by atoms with Crippen molar-refractivity contribution in [2.24, 2.45) is 0 Å². The Hall–Kier alpha value is -1.37. The number of rotatable bonds is 4. The second kappa shape index (κ2) is 6.39. The summed E-state index contributed by atoms with van der Waals surface area (Å²) in [7, 11) is 2.93. The number of benzene rings is 1. The number of ether oxygens (including phenoxy) is 2. The molecule has 0 saturated carbocycles. The Balaban J connectivity index is 2.47. The Kier molecular flexibility index (Phi) is 4.80. The standard InChI is InChI=1S/C13H12BrClN2O3/c1-19-10-6-16-11(13(17-10)20-2)12(18)8-5-7(15)3-4-9(8)14/h3-6,12,18H,1-2H3. The fourth-order valence-corrected chi connectivity index (χ4v) is 2.32. The van der Waals surface area contributed by atoms with Crippen molar-refractivity contribution in [1.82, 2.24) is 9.97 Å². The Morgan fingerprint density at radius 2 is 2.05 bits per heavy atom. The highest BCUT2D eigenvalue weighted by molar-refractivity contribution is 9.10. The average Bonchev–Trinajstić information content (AvgIpc) is 2.48. The highest BCUT2D eigenvalue weighted by Crippen LogP contribution is 2.33. The quantitative estimate of drug-likeness (QED) is 0.909. The van der Waals surface area contributed by atoms with Crippen molar-refractivity contribution < 1.29 is 14.6 Å². The summed E-state index contributed by atoms with van der Waals surface area (Å²) in [5, 5.41) is 11.0. The molecular formula is C13H12BrClN2O3. The largest absolute Gasteiger partial charge is 0.480 e. The second-order valence-corrected chi connectivity index (χ2v) is 5.17. The molecule has 1 heterocycles. The Morgan fingerprint density at radius 3 is 2.70 bits per heavy atom. The van der Waals surface area contributed by atoms with Gasteiger partial charge in [0.15, 0.2) is 0 Å². The molecule has 1 unspecified atom stereocenters. The van der Waals surface area contributed by atoms with Gasteiger partial charge in [0.25, 0.3) is 0 Å². The van der Waals surface area contributed by atoms with Crippen LogP contribution in [0.25, 0.3) is 0 Å². The highest BCUT2D eigenvalue weighted by atomic mass is 79.9. The molecule has 5 nitrogen and oxygen atoms in total. The first-order valence-corrected chi connectivity index (χ1v) is 6.81. The zero-order valence-corrected chi connectivity index (χ0v) is 13.1. The van der Waals surface area contributed by atoms with Crippen LogP contribution in [0.15, 0.2) is 28.9 Å². The number of aliphatic hydroxyl groups excluding tert-OH is 1. The molecule has 2 rings (SSSR count). The van der Waals surface area contributed by atoms with E-state index in [0.29, 0.717) is 20.9 Å². The third kappa shape index (κ3) is 3.03. The lowest BCUT2D eigenvalue weighted by atomic mass is 10.1. The summed E-state index contributed by atoms with van der Waals surface area (Å²) in [6.07, 6.45) is 0.399. The molecule has 1 atom stereocenters. The van der Waals surface area contributed by atoms with E-state index < -0.39 is 6.10 Å².